The van der Waals surface area contributed by atoms with E-state index in [0.717, 1.165) is 6.07 Å². The molecule has 1 aromatic carbocycles. The first-order valence-corrected chi connectivity index (χ1v) is 3.36. The summed E-state index contributed by atoms with van der Waals surface area (Å²) in [6.45, 7) is 0. The van der Waals surface area contributed by atoms with E-state index in [1.54, 1.807) is 0 Å². The molecule has 1 aliphatic rings. The van der Waals surface area contributed by atoms with Gasteiger partial charge in [0.2, 0.25) is 0 Å². The van der Waals surface area contributed by atoms with Gasteiger partial charge in [-0.15, -0.1) is 0 Å². The number of halogens is 1. The SMILES string of the molecule is Nc1cc(F)cc2c1=NC(=O)C=2. The topological polar surface area (TPSA) is 55.4 Å². The van der Waals surface area contributed by atoms with Gasteiger partial charge in [0.15, 0.2) is 0 Å². The number of hydrogen-bond acceptors (Lipinski definition) is 2. The zero-order chi connectivity index (χ0) is 8.72. The van der Waals surface area contributed by atoms with Crippen molar-refractivity contribution in [3.63, 3.8) is 0 Å². The molecule has 0 saturated heterocycles. The van der Waals surface area contributed by atoms with Gasteiger partial charge in [0.1, 0.15) is 5.82 Å². The first-order valence-electron chi connectivity index (χ1n) is 3.36. The van der Waals surface area contributed by atoms with E-state index in [1.165, 1.54) is 12.1 Å². The van der Waals surface area contributed by atoms with Crippen LogP contribution in [-0.2, 0) is 4.79 Å². The molecule has 0 aliphatic carbocycles. The predicted molar refractivity (Wildman–Crippen MR) is 41.1 cm³/mol. The molecule has 1 aliphatic heterocycles. The van der Waals surface area contributed by atoms with E-state index in [4.69, 9.17) is 5.73 Å². The molecule has 60 valence electrons. The van der Waals surface area contributed by atoms with Crippen molar-refractivity contribution < 1.29 is 9.18 Å². The lowest BCUT2D eigenvalue weighted by Gasteiger charge is -1.91. The van der Waals surface area contributed by atoms with Crippen molar-refractivity contribution in [2.24, 2.45) is 4.99 Å². The molecule has 4 heteroatoms. The number of fused-ring (bicyclic) bond motifs is 1. The lowest BCUT2D eigenvalue weighted by atomic mass is 10.2. The summed E-state index contributed by atoms with van der Waals surface area (Å²) < 4.78 is 12.7. The largest absolute Gasteiger partial charge is 0.397 e. The molecule has 0 fully saturated rings. The van der Waals surface area contributed by atoms with Gasteiger partial charge in [0.25, 0.3) is 5.91 Å². The molecule has 1 amide bonds. The molecular weight excluding hydrogens is 159 g/mol. The predicted octanol–water partition coefficient (Wildman–Crippen LogP) is -0.652. The molecule has 0 unspecified atom stereocenters. The van der Waals surface area contributed by atoms with Crippen molar-refractivity contribution in [2.75, 3.05) is 5.73 Å². The van der Waals surface area contributed by atoms with Crippen molar-refractivity contribution in [2.45, 2.75) is 0 Å². The van der Waals surface area contributed by atoms with Crippen LogP contribution in [0.2, 0.25) is 0 Å². The van der Waals surface area contributed by atoms with Crippen molar-refractivity contribution >= 4 is 17.7 Å². The lowest BCUT2D eigenvalue weighted by molar-refractivity contribution is -0.112. The molecule has 2 N–H and O–H groups in total. The van der Waals surface area contributed by atoms with Crippen LogP contribution < -0.4 is 16.3 Å². The Labute approximate surface area is 67.0 Å². The highest BCUT2D eigenvalue weighted by Crippen LogP contribution is 1.97. The number of nitrogen functional groups attached to an aromatic ring is 1. The van der Waals surface area contributed by atoms with Gasteiger partial charge in [-0.2, -0.15) is 0 Å². The summed E-state index contributed by atoms with van der Waals surface area (Å²) in [7, 11) is 0. The summed E-state index contributed by atoms with van der Waals surface area (Å²) in [6.07, 6.45) is 1.26. The van der Waals surface area contributed by atoms with Crippen LogP contribution >= 0.6 is 0 Å². The average molecular weight is 164 g/mol. The second-order valence-corrected chi connectivity index (χ2v) is 2.53. The number of anilines is 1. The molecular formula is C8H5FN2O. The first-order chi connectivity index (χ1) is 5.66. The summed E-state index contributed by atoms with van der Waals surface area (Å²) in [5.74, 6) is -0.838. The normalized spacial score (nSPS) is 13.6. The van der Waals surface area contributed by atoms with E-state index in [-0.39, 0.29) is 11.6 Å². The molecule has 12 heavy (non-hydrogen) atoms. The third kappa shape index (κ3) is 0.887. The lowest BCUT2D eigenvalue weighted by Crippen LogP contribution is -2.25. The maximum Gasteiger partial charge on any atom is 0.271 e. The number of carbonyl (C=O) groups excluding carboxylic acids is 1. The van der Waals surface area contributed by atoms with Crippen LogP contribution in [-0.4, -0.2) is 5.91 Å². The first kappa shape index (κ1) is 6.97. The molecule has 0 atom stereocenters. The minimum absolute atomic E-state index is 0.201. The molecule has 0 saturated carbocycles. The van der Waals surface area contributed by atoms with E-state index in [9.17, 15) is 9.18 Å². The number of carbonyl (C=O) groups is 1. The molecule has 0 radical (unpaired) electrons. The number of nitrogens with two attached hydrogens (primary N) is 1. The molecule has 0 spiro atoms. The van der Waals surface area contributed by atoms with Crippen LogP contribution in [0.4, 0.5) is 10.1 Å². The van der Waals surface area contributed by atoms with Gasteiger partial charge >= 0.3 is 0 Å². The third-order valence-electron chi connectivity index (χ3n) is 1.63. The standard InChI is InChI=1S/C8H5FN2O/c9-5-1-4-2-7(12)11-8(4)6(10)3-5/h1-3H,10H2. The van der Waals surface area contributed by atoms with Gasteiger partial charge < -0.3 is 5.73 Å². The minimum Gasteiger partial charge on any atom is -0.397 e. The summed E-state index contributed by atoms with van der Waals surface area (Å²) in [4.78, 5) is 14.4. The second-order valence-electron chi connectivity index (χ2n) is 2.53. The van der Waals surface area contributed by atoms with Crippen LogP contribution in [0.5, 0.6) is 0 Å². The van der Waals surface area contributed by atoms with E-state index in [1.807, 2.05) is 0 Å². The maximum absolute atomic E-state index is 12.7. The zero-order valence-corrected chi connectivity index (χ0v) is 6.04. The van der Waals surface area contributed by atoms with Crippen LogP contribution in [0.3, 0.4) is 0 Å². The number of hydrogen-bond donors (Lipinski definition) is 1. The molecule has 0 aromatic heterocycles. The van der Waals surface area contributed by atoms with Crippen LogP contribution in [0.1, 0.15) is 0 Å². The number of rotatable bonds is 0. The Balaban J connectivity index is 2.95. The van der Waals surface area contributed by atoms with E-state index >= 15 is 0 Å². The van der Waals surface area contributed by atoms with Crippen molar-refractivity contribution in [1.29, 1.82) is 0 Å². The van der Waals surface area contributed by atoms with E-state index in [2.05, 4.69) is 4.99 Å². The minimum atomic E-state index is -0.451. The highest BCUT2D eigenvalue weighted by atomic mass is 19.1. The Morgan fingerprint density at radius 2 is 2.17 bits per heavy atom. The fourth-order valence-electron chi connectivity index (χ4n) is 1.16. The van der Waals surface area contributed by atoms with E-state index in [0.29, 0.717) is 10.6 Å². The fourth-order valence-corrected chi connectivity index (χ4v) is 1.16. The summed E-state index contributed by atoms with van der Waals surface area (Å²) >= 11 is 0. The Hall–Kier alpha value is -1.71. The number of amides is 1. The van der Waals surface area contributed by atoms with E-state index < -0.39 is 5.82 Å². The highest BCUT2D eigenvalue weighted by molar-refractivity contribution is 6.06. The summed E-state index contributed by atoms with van der Waals surface area (Å²) in [6, 6.07) is 2.38. The Morgan fingerprint density at radius 3 is 2.92 bits per heavy atom. The Morgan fingerprint density at radius 1 is 1.42 bits per heavy atom. The number of nitrogens with zero attached hydrogens (tertiary/aromatic N) is 1. The summed E-state index contributed by atoms with van der Waals surface area (Å²) in [5, 5.41) is 0.832. The van der Waals surface area contributed by atoms with Gasteiger partial charge in [-0.05, 0) is 12.1 Å². The van der Waals surface area contributed by atoms with Crippen molar-refractivity contribution in [3.8, 4) is 0 Å². The highest BCUT2D eigenvalue weighted by Gasteiger charge is 2.06. The fraction of sp³-hybridized carbons (Fsp3) is 0. The molecule has 2 rings (SSSR count). The quantitative estimate of drug-likeness (QED) is 0.518. The van der Waals surface area contributed by atoms with Crippen LogP contribution in [0.25, 0.3) is 6.08 Å². The summed E-state index contributed by atoms with van der Waals surface area (Å²) in [5.41, 5.74) is 5.63. The molecule has 1 heterocycles. The second kappa shape index (κ2) is 2.14. The van der Waals surface area contributed by atoms with Gasteiger partial charge in [0, 0.05) is 11.3 Å². The monoisotopic (exact) mass is 164 g/mol. The molecule has 1 aromatic rings. The van der Waals surface area contributed by atoms with Gasteiger partial charge in [0.05, 0.1) is 11.0 Å². The number of benzene rings is 1. The Kier molecular flexibility index (Phi) is 1.24. The van der Waals surface area contributed by atoms with Gasteiger partial charge in [-0.1, -0.05) is 0 Å². The maximum atomic E-state index is 12.7. The van der Waals surface area contributed by atoms with Gasteiger partial charge in [-0.25, -0.2) is 9.38 Å². The van der Waals surface area contributed by atoms with Crippen LogP contribution in [0, 0.1) is 5.82 Å². The smallest absolute Gasteiger partial charge is 0.271 e. The zero-order valence-electron chi connectivity index (χ0n) is 6.04. The van der Waals surface area contributed by atoms with Crippen LogP contribution in [0.15, 0.2) is 17.1 Å². The van der Waals surface area contributed by atoms with Gasteiger partial charge in [-0.3, -0.25) is 4.79 Å². The molecule has 3 nitrogen and oxygen atoms in total. The molecule has 0 bridgehead atoms. The van der Waals surface area contributed by atoms with Crippen molar-refractivity contribution in [1.82, 2.24) is 0 Å². The van der Waals surface area contributed by atoms with Crippen molar-refractivity contribution in [3.05, 3.63) is 28.5 Å². The Bertz CT molecular complexity index is 479. The third-order valence-corrected chi connectivity index (χ3v) is 1.63. The average Bonchev–Trinajstić information content (AvgIpc) is 2.29.